The van der Waals surface area contributed by atoms with E-state index in [-0.39, 0.29) is 25.4 Å². The van der Waals surface area contributed by atoms with Crippen LogP contribution in [0.25, 0.3) is 0 Å². The first-order valence-corrected chi connectivity index (χ1v) is 7.78. The molecule has 1 aliphatic rings. The number of Topliss-reactive ketones (excluding diaryl/α,β-unsaturated/α-hetero) is 1. The van der Waals surface area contributed by atoms with Gasteiger partial charge in [0, 0.05) is 19.5 Å². The molecule has 0 aliphatic carbocycles. The fraction of sp³-hybridized carbons (Fsp3) is 0.812. The summed E-state index contributed by atoms with van der Waals surface area (Å²) < 4.78 is 10.4. The third kappa shape index (κ3) is 4.71. The Bertz CT molecular complexity index is 440. The molecule has 0 bridgehead atoms. The molecule has 6 heteroatoms. The molecule has 0 aromatic heterocycles. The molecule has 1 rings (SSSR count). The SMILES string of the molecule is CCOC(=O)C1(C)CCCN(C(=O)OC(C)(C)C)CCC1=O. The van der Waals surface area contributed by atoms with Crippen molar-refractivity contribution >= 4 is 17.8 Å². The van der Waals surface area contributed by atoms with Crippen molar-refractivity contribution in [3.63, 3.8) is 0 Å². The molecule has 1 atom stereocenters. The Hall–Kier alpha value is -1.59. The number of rotatable bonds is 2. The van der Waals surface area contributed by atoms with E-state index in [1.165, 1.54) is 4.90 Å². The molecule has 1 heterocycles. The van der Waals surface area contributed by atoms with Crippen LogP contribution in [-0.4, -0.2) is 48.0 Å². The van der Waals surface area contributed by atoms with E-state index in [9.17, 15) is 14.4 Å². The lowest BCUT2D eigenvalue weighted by Crippen LogP contribution is -2.45. The number of hydrogen-bond donors (Lipinski definition) is 0. The maximum atomic E-state index is 12.4. The van der Waals surface area contributed by atoms with Gasteiger partial charge in [0.2, 0.25) is 0 Å². The summed E-state index contributed by atoms with van der Waals surface area (Å²) >= 11 is 0. The Balaban J connectivity index is 2.73. The van der Waals surface area contributed by atoms with E-state index in [2.05, 4.69) is 0 Å². The molecule has 1 amide bonds. The molecule has 0 N–H and O–H groups in total. The average molecular weight is 313 g/mol. The largest absolute Gasteiger partial charge is 0.465 e. The highest BCUT2D eigenvalue weighted by Gasteiger charge is 2.43. The van der Waals surface area contributed by atoms with Gasteiger partial charge in [-0.15, -0.1) is 0 Å². The van der Waals surface area contributed by atoms with Crippen molar-refractivity contribution in [3.05, 3.63) is 0 Å². The maximum Gasteiger partial charge on any atom is 0.410 e. The molecule has 1 unspecified atom stereocenters. The van der Waals surface area contributed by atoms with Crippen molar-refractivity contribution in [2.75, 3.05) is 19.7 Å². The zero-order valence-electron chi connectivity index (χ0n) is 14.2. The van der Waals surface area contributed by atoms with Gasteiger partial charge in [0.05, 0.1) is 6.61 Å². The second kappa shape index (κ2) is 7.11. The van der Waals surface area contributed by atoms with Crippen molar-refractivity contribution in [1.29, 1.82) is 0 Å². The topological polar surface area (TPSA) is 72.9 Å². The van der Waals surface area contributed by atoms with Crippen molar-refractivity contribution in [3.8, 4) is 0 Å². The monoisotopic (exact) mass is 313 g/mol. The minimum Gasteiger partial charge on any atom is -0.465 e. The number of amides is 1. The first-order chi connectivity index (χ1) is 10.1. The lowest BCUT2D eigenvalue weighted by Gasteiger charge is -2.33. The molecule has 0 aromatic rings. The van der Waals surface area contributed by atoms with Crippen LogP contribution in [0.5, 0.6) is 0 Å². The molecule has 22 heavy (non-hydrogen) atoms. The van der Waals surface area contributed by atoms with Gasteiger partial charge in [0.15, 0.2) is 5.78 Å². The summed E-state index contributed by atoms with van der Waals surface area (Å²) in [5.74, 6) is -0.648. The molecule has 1 saturated heterocycles. The quantitative estimate of drug-likeness (QED) is 0.578. The Morgan fingerprint density at radius 1 is 1.27 bits per heavy atom. The smallest absolute Gasteiger partial charge is 0.410 e. The number of esters is 1. The summed E-state index contributed by atoms with van der Waals surface area (Å²) in [5, 5.41) is 0. The summed E-state index contributed by atoms with van der Waals surface area (Å²) in [5.41, 5.74) is -1.67. The number of ketones is 1. The predicted octanol–water partition coefficient (Wildman–Crippen LogP) is 2.55. The Labute approximate surface area is 132 Å². The van der Waals surface area contributed by atoms with Gasteiger partial charge in [-0.1, -0.05) is 0 Å². The third-order valence-corrected chi connectivity index (χ3v) is 3.71. The third-order valence-electron chi connectivity index (χ3n) is 3.71. The van der Waals surface area contributed by atoms with Gasteiger partial charge in [-0.05, 0) is 47.5 Å². The molecule has 0 saturated carbocycles. The Morgan fingerprint density at radius 2 is 1.91 bits per heavy atom. The second-order valence-electron chi connectivity index (χ2n) is 6.80. The lowest BCUT2D eigenvalue weighted by molar-refractivity contribution is -0.160. The molecule has 0 radical (unpaired) electrons. The summed E-state index contributed by atoms with van der Waals surface area (Å²) in [7, 11) is 0. The normalized spacial score (nSPS) is 23.5. The minimum absolute atomic E-state index is 0.133. The summed E-state index contributed by atoms with van der Waals surface area (Å²) in [6, 6.07) is 0. The van der Waals surface area contributed by atoms with E-state index in [1.807, 2.05) is 0 Å². The highest BCUT2D eigenvalue weighted by Crippen LogP contribution is 2.30. The van der Waals surface area contributed by atoms with Crippen LogP contribution in [0.15, 0.2) is 0 Å². The van der Waals surface area contributed by atoms with Crippen LogP contribution in [0.3, 0.4) is 0 Å². The first-order valence-electron chi connectivity index (χ1n) is 7.78. The zero-order chi connectivity index (χ0) is 17.0. The summed E-state index contributed by atoms with van der Waals surface area (Å²) in [6.45, 7) is 9.76. The van der Waals surface area contributed by atoms with E-state index in [0.717, 1.165) is 0 Å². The van der Waals surface area contributed by atoms with E-state index in [0.29, 0.717) is 19.4 Å². The molecular formula is C16H27NO5. The van der Waals surface area contributed by atoms with E-state index < -0.39 is 23.1 Å². The van der Waals surface area contributed by atoms with Crippen LogP contribution in [-0.2, 0) is 19.1 Å². The molecule has 0 aromatic carbocycles. The Morgan fingerprint density at radius 3 is 2.45 bits per heavy atom. The highest BCUT2D eigenvalue weighted by atomic mass is 16.6. The van der Waals surface area contributed by atoms with Crippen molar-refractivity contribution in [2.45, 2.75) is 59.5 Å². The second-order valence-corrected chi connectivity index (χ2v) is 6.80. The highest BCUT2D eigenvalue weighted by molar-refractivity contribution is 6.03. The fourth-order valence-corrected chi connectivity index (χ4v) is 2.40. The molecule has 1 aliphatic heterocycles. The van der Waals surface area contributed by atoms with E-state index in [4.69, 9.17) is 9.47 Å². The van der Waals surface area contributed by atoms with Gasteiger partial charge in [-0.3, -0.25) is 9.59 Å². The number of ether oxygens (including phenoxy) is 2. The van der Waals surface area contributed by atoms with Gasteiger partial charge in [0.25, 0.3) is 0 Å². The number of hydrogen-bond acceptors (Lipinski definition) is 5. The van der Waals surface area contributed by atoms with E-state index in [1.54, 1.807) is 34.6 Å². The molecule has 0 spiro atoms. The van der Waals surface area contributed by atoms with Gasteiger partial charge < -0.3 is 14.4 Å². The molecular weight excluding hydrogens is 286 g/mol. The van der Waals surface area contributed by atoms with Crippen LogP contribution in [0.4, 0.5) is 4.79 Å². The number of carbonyl (C=O) groups is 3. The van der Waals surface area contributed by atoms with Gasteiger partial charge in [-0.25, -0.2) is 4.79 Å². The minimum atomic E-state index is -1.10. The lowest BCUT2D eigenvalue weighted by atomic mass is 9.79. The van der Waals surface area contributed by atoms with Crippen LogP contribution >= 0.6 is 0 Å². The van der Waals surface area contributed by atoms with Crippen LogP contribution in [0, 0.1) is 5.41 Å². The average Bonchev–Trinajstić information content (AvgIpc) is 2.38. The number of nitrogens with zero attached hydrogens (tertiary/aromatic N) is 1. The van der Waals surface area contributed by atoms with E-state index >= 15 is 0 Å². The fourth-order valence-electron chi connectivity index (χ4n) is 2.40. The zero-order valence-corrected chi connectivity index (χ0v) is 14.2. The van der Waals surface area contributed by atoms with Crippen molar-refractivity contribution in [2.24, 2.45) is 5.41 Å². The maximum absolute atomic E-state index is 12.4. The standard InChI is InChI=1S/C16H27NO5/c1-6-21-13(19)16(5)9-7-10-17(11-8-12(16)18)14(20)22-15(2,3)4/h6-11H2,1-5H3. The van der Waals surface area contributed by atoms with Crippen molar-refractivity contribution < 1.29 is 23.9 Å². The van der Waals surface area contributed by atoms with Gasteiger partial charge >= 0.3 is 12.1 Å². The van der Waals surface area contributed by atoms with Crippen LogP contribution < -0.4 is 0 Å². The Kier molecular flexibility index (Phi) is 5.97. The summed E-state index contributed by atoms with van der Waals surface area (Å²) in [4.78, 5) is 38.0. The van der Waals surface area contributed by atoms with Crippen LogP contribution in [0.2, 0.25) is 0 Å². The predicted molar refractivity (Wildman–Crippen MR) is 81.4 cm³/mol. The van der Waals surface area contributed by atoms with Crippen LogP contribution in [0.1, 0.15) is 53.9 Å². The molecule has 126 valence electrons. The van der Waals surface area contributed by atoms with Crippen molar-refractivity contribution in [1.82, 2.24) is 4.90 Å². The van der Waals surface area contributed by atoms with Gasteiger partial charge in [0.1, 0.15) is 11.0 Å². The summed E-state index contributed by atoms with van der Waals surface area (Å²) in [6.07, 6.45) is 0.652. The van der Waals surface area contributed by atoms with Gasteiger partial charge in [-0.2, -0.15) is 0 Å². The first kappa shape index (κ1) is 18.5. The molecule has 1 fully saturated rings. The molecule has 6 nitrogen and oxygen atoms in total. The number of likely N-dealkylation sites (tertiary alicyclic amines) is 1. The number of carbonyl (C=O) groups excluding carboxylic acids is 3.